The van der Waals surface area contributed by atoms with Gasteiger partial charge in [-0.3, -0.25) is 5.43 Å². The molecule has 0 atom stereocenters. The van der Waals surface area contributed by atoms with Crippen molar-refractivity contribution in [2.45, 2.75) is 5.92 Å². The number of hydrogen-bond acceptors (Lipinski definition) is 5. The van der Waals surface area contributed by atoms with Crippen molar-refractivity contribution in [3.8, 4) is 0 Å². The molecule has 0 saturated heterocycles. The zero-order chi connectivity index (χ0) is 18.5. The van der Waals surface area contributed by atoms with Crippen LogP contribution in [0.15, 0.2) is 106 Å². The summed E-state index contributed by atoms with van der Waals surface area (Å²) in [7, 11) is 0. The number of benzene rings is 3. The van der Waals surface area contributed by atoms with Gasteiger partial charge in [0.05, 0.1) is 11.6 Å². The summed E-state index contributed by atoms with van der Waals surface area (Å²) in [5.41, 5.74) is 13.5. The van der Waals surface area contributed by atoms with E-state index in [4.69, 9.17) is 5.73 Å². The van der Waals surface area contributed by atoms with Gasteiger partial charge in [0.2, 0.25) is 0 Å². The summed E-state index contributed by atoms with van der Waals surface area (Å²) in [6.45, 7) is 0. The van der Waals surface area contributed by atoms with E-state index >= 15 is 0 Å². The molecule has 5 heteroatoms. The molecular weight excluding hydrogens is 334 g/mol. The summed E-state index contributed by atoms with van der Waals surface area (Å²) in [6.07, 6.45) is 0. The van der Waals surface area contributed by atoms with Gasteiger partial charge in [-0.25, -0.2) is 0 Å². The molecule has 27 heavy (non-hydrogen) atoms. The Balaban J connectivity index is 1.73. The molecule has 3 aromatic carbocycles. The fourth-order valence-corrected chi connectivity index (χ4v) is 3.07. The predicted molar refractivity (Wildman–Crippen MR) is 111 cm³/mol. The Bertz CT molecular complexity index is 953. The van der Waals surface area contributed by atoms with Gasteiger partial charge in [0.25, 0.3) is 0 Å². The van der Waals surface area contributed by atoms with Gasteiger partial charge in [-0.15, -0.1) is 10.2 Å². The third-order valence-corrected chi connectivity index (χ3v) is 4.36. The molecule has 0 spiro atoms. The van der Waals surface area contributed by atoms with Gasteiger partial charge in [-0.2, -0.15) is 5.10 Å². The quantitative estimate of drug-likeness (QED) is 0.680. The molecular formula is C22H19N5. The maximum absolute atomic E-state index is 6.09. The highest BCUT2D eigenvalue weighted by atomic mass is 15.3. The van der Waals surface area contributed by atoms with Crippen molar-refractivity contribution in [2.75, 3.05) is 5.43 Å². The summed E-state index contributed by atoms with van der Waals surface area (Å²) < 4.78 is 0. The number of anilines is 1. The molecule has 0 aliphatic carbocycles. The second-order valence-corrected chi connectivity index (χ2v) is 6.16. The minimum absolute atomic E-state index is 0.103. The molecule has 5 nitrogen and oxygen atoms in total. The van der Waals surface area contributed by atoms with Crippen LogP contribution in [0.4, 0.5) is 5.69 Å². The third-order valence-electron chi connectivity index (χ3n) is 4.36. The average Bonchev–Trinajstić information content (AvgIpc) is 3.09. The predicted octanol–water partition coefficient (Wildman–Crippen LogP) is 4.01. The van der Waals surface area contributed by atoms with Crippen molar-refractivity contribution in [1.82, 2.24) is 0 Å². The molecule has 132 valence electrons. The topological polar surface area (TPSA) is 75.1 Å². The number of nitrogens with one attached hydrogen (secondary N) is 1. The molecule has 3 N–H and O–H groups in total. The third kappa shape index (κ3) is 3.62. The van der Waals surface area contributed by atoms with Gasteiger partial charge in [0.1, 0.15) is 5.71 Å². The van der Waals surface area contributed by atoms with Gasteiger partial charge in [-0.05, 0) is 23.3 Å². The minimum Gasteiger partial charge on any atom is -0.380 e. The number of amidine groups is 1. The van der Waals surface area contributed by atoms with Crippen LogP contribution in [0.2, 0.25) is 0 Å². The zero-order valence-corrected chi connectivity index (χ0v) is 14.7. The summed E-state index contributed by atoms with van der Waals surface area (Å²) in [6, 6.07) is 30.1. The highest BCUT2D eigenvalue weighted by molar-refractivity contribution is 6.70. The minimum atomic E-state index is -0.103. The Labute approximate surface area is 158 Å². The van der Waals surface area contributed by atoms with Gasteiger partial charge < -0.3 is 5.73 Å². The van der Waals surface area contributed by atoms with Crippen LogP contribution in [-0.4, -0.2) is 17.3 Å². The molecule has 0 amide bonds. The van der Waals surface area contributed by atoms with E-state index < -0.39 is 0 Å². The van der Waals surface area contributed by atoms with Crippen molar-refractivity contribution in [3.05, 3.63) is 102 Å². The number of rotatable bonds is 5. The standard InChI is InChI=1S/C22H19N5/c23-22-21(26-24-18-14-8-3-9-15-18)20(25-27-22)19(16-10-4-1-5-11-16)17-12-6-2-7-13-17/h1-15,19,24H,(H2,23,26,27). The lowest BCUT2D eigenvalue weighted by Crippen LogP contribution is -2.32. The summed E-state index contributed by atoms with van der Waals surface area (Å²) in [5, 5.41) is 13.0. The smallest absolute Gasteiger partial charge is 0.175 e. The summed E-state index contributed by atoms with van der Waals surface area (Å²) in [4.78, 5) is 0. The summed E-state index contributed by atoms with van der Waals surface area (Å²) in [5.74, 6) is 0.207. The van der Waals surface area contributed by atoms with Crippen LogP contribution in [0.3, 0.4) is 0 Å². The van der Waals surface area contributed by atoms with Crippen LogP contribution in [0.25, 0.3) is 0 Å². The van der Waals surface area contributed by atoms with E-state index in [-0.39, 0.29) is 5.92 Å². The van der Waals surface area contributed by atoms with E-state index in [1.807, 2.05) is 66.7 Å². The molecule has 0 saturated carbocycles. The molecule has 1 aliphatic rings. The number of hydrazone groups is 1. The fraction of sp³-hybridized carbons (Fsp3) is 0.0455. The van der Waals surface area contributed by atoms with E-state index in [0.29, 0.717) is 11.5 Å². The molecule has 0 radical (unpaired) electrons. The number of hydrogen-bond donors (Lipinski definition) is 2. The molecule has 0 unspecified atom stereocenters. The largest absolute Gasteiger partial charge is 0.380 e. The Hall–Kier alpha value is -3.73. The Kier molecular flexibility index (Phi) is 4.74. The molecule has 3 aromatic rings. The van der Waals surface area contributed by atoms with Crippen LogP contribution in [0.1, 0.15) is 17.0 Å². The first-order valence-corrected chi connectivity index (χ1v) is 8.73. The lowest BCUT2D eigenvalue weighted by Gasteiger charge is -2.18. The maximum atomic E-state index is 6.09. The second kappa shape index (κ2) is 7.66. The van der Waals surface area contributed by atoms with Crippen LogP contribution < -0.4 is 11.2 Å². The molecule has 1 aliphatic heterocycles. The van der Waals surface area contributed by atoms with Crippen LogP contribution >= 0.6 is 0 Å². The van der Waals surface area contributed by atoms with Crippen LogP contribution in [0, 0.1) is 0 Å². The first kappa shape index (κ1) is 16.7. The van der Waals surface area contributed by atoms with Crippen LogP contribution in [-0.2, 0) is 0 Å². The lowest BCUT2D eigenvalue weighted by atomic mass is 9.85. The molecule has 4 rings (SSSR count). The van der Waals surface area contributed by atoms with Crippen molar-refractivity contribution >= 4 is 22.9 Å². The highest BCUT2D eigenvalue weighted by Gasteiger charge is 2.30. The normalized spacial score (nSPS) is 14.9. The second-order valence-electron chi connectivity index (χ2n) is 6.16. The fourth-order valence-electron chi connectivity index (χ4n) is 3.07. The zero-order valence-electron chi connectivity index (χ0n) is 14.7. The number of para-hydroxylation sites is 1. The van der Waals surface area contributed by atoms with Gasteiger partial charge >= 0.3 is 0 Å². The first-order valence-electron chi connectivity index (χ1n) is 8.73. The number of nitrogens with zero attached hydrogens (tertiary/aromatic N) is 3. The van der Waals surface area contributed by atoms with Crippen molar-refractivity contribution in [2.24, 2.45) is 21.0 Å². The lowest BCUT2D eigenvalue weighted by molar-refractivity contribution is 1.07. The van der Waals surface area contributed by atoms with E-state index in [0.717, 1.165) is 22.5 Å². The Morgan fingerprint density at radius 3 is 1.78 bits per heavy atom. The van der Waals surface area contributed by atoms with Crippen LogP contribution in [0.5, 0.6) is 0 Å². The van der Waals surface area contributed by atoms with E-state index in [1.165, 1.54) is 0 Å². The van der Waals surface area contributed by atoms with Crippen molar-refractivity contribution < 1.29 is 0 Å². The first-order chi connectivity index (χ1) is 13.3. The summed E-state index contributed by atoms with van der Waals surface area (Å²) >= 11 is 0. The van der Waals surface area contributed by atoms with Gasteiger partial charge in [-0.1, -0.05) is 78.9 Å². The Morgan fingerprint density at radius 2 is 1.22 bits per heavy atom. The molecule has 0 aromatic heterocycles. The van der Waals surface area contributed by atoms with E-state index in [1.54, 1.807) is 0 Å². The van der Waals surface area contributed by atoms with Crippen molar-refractivity contribution in [1.29, 1.82) is 0 Å². The van der Waals surface area contributed by atoms with Gasteiger partial charge in [0.15, 0.2) is 11.5 Å². The Morgan fingerprint density at radius 1 is 0.704 bits per heavy atom. The van der Waals surface area contributed by atoms with E-state index in [9.17, 15) is 0 Å². The monoisotopic (exact) mass is 353 g/mol. The maximum Gasteiger partial charge on any atom is 0.175 e. The molecule has 1 heterocycles. The average molecular weight is 353 g/mol. The SMILES string of the molecule is NC1=NN=C(C(c2ccccc2)c2ccccc2)/C1=N\Nc1ccccc1. The van der Waals surface area contributed by atoms with Crippen molar-refractivity contribution in [3.63, 3.8) is 0 Å². The van der Waals surface area contributed by atoms with E-state index in [2.05, 4.69) is 45.0 Å². The highest BCUT2D eigenvalue weighted by Crippen LogP contribution is 2.28. The number of nitrogens with two attached hydrogens (primary N) is 1. The van der Waals surface area contributed by atoms with Gasteiger partial charge in [0, 0.05) is 0 Å². The molecule has 0 bridgehead atoms. The molecule has 0 fully saturated rings.